The van der Waals surface area contributed by atoms with Crippen LogP contribution in [-0.2, 0) is 4.79 Å². The molecule has 0 amide bonds. The second-order valence-corrected chi connectivity index (χ2v) is 2.48. The molecule has 1 aromatic rings. The van der Waals surface area contributed by atoms with Gasteiger partial charge in [-0.3, -0.25) is 4.79 Å². The van der Waals surface area contributed by atoms with Crippen LogP contribution in [0.15, 0.2) is 18.2 Å². The van der Waals surface area contributed by atoms with E-state index in [4.69, 9.17) is 10.8 Å². The summed E-state index contributed by atoms with van der Waals surface area (Å²) in [7, 11) is 0. The van der Waals surface area contributed by atoms with Crippen molar-refractivity contribution in [3.63, 3.8) is 0 Å². The molecule has 3 nitrogen and oxygen atoms in total. The largest absolute Gasteiger partial charge is 0.480 e. The predicted molar refractivity (Wildman–Crippen MR) is 48.2 cm³/mol. The number of nitrogens with two attached hydrogens (primary N) is 1. The number of hydrogen-bond donors (Lipinski definition) is 2. The summed E-state index contributed by atoms with van der Waals surface area (Å²) in [5.74, 6) is -2.94. The molecule has 0 aliphatic rings. The molecule has 78 valence electrons. The number of aliphatic carboxylic acids is 1. The predicted octanol–water partition coefficient (Wildman–Crippen LogP) is 1.47. The molecule has 0 aromatic heterocycles. The lowest BCUT2D eigenvalue weighted by Crippen LogP contribution is -2.21. The van der Waals surface area contributed by atoms with Crippen molar-refractivity contribution >= 4 is 18.4 Å². The lowest BCUT2D eigenvalue weighted by molar-refractivity contribution is -0.138. The molecule has 1 aromatic carbocycles. The first-order chi connectivity index (χ1) is 6.02. The van der Waals surface area contributed by atoms with Gasteiger partial charge >= 0.3 is 5.97 Å². The van der Waals surface area contributed by atoms with Crippen molar-refractivity contribution in [3.8, 4) is 0 Å². The van der Waals surface area contributed by atoms with E-state index >= 15 is 0 Å². The highest BCUT2D eigenvalue weighted by Gasteiger charge is 2.18. The Balaban J connectivity index is 0.00000169. The fraction of sp³-hybridized carbons (Fsp3) is 0.125. The minimum absolute atomic E-state index is 0. The molecule has 0 aliphatic carbocycles. The summed E-state index contributed by atoms with van der Waals surface area (Å²) in [6.45, 7) is 0. The Hall–Kier alpha value is -1.20. The van der Waals surface area contributed by atoms with Gasteiger partial charge in [-0.05, 0) is 18.2 Å². The van der Waals surface area contributed by atoms with Crippen LogP contribution in [0.3, 0.4) is 0 Å². The van der Waals surface area contributed by atoms with Crippen molar-refractivity contribution < 1.29 is 18.7 Å². The van der Waals surface area contributed by atoms with Gasteiger partial charge in [-0.15, -0.1) is 12.4 Å². The molecule has 0 saturated heterocycles. The van der Waals surface area contributed by atoms with Crippen LogP contribution < -0.4 is 5.73 Å². The van der Waals surface area contributed by atoms with Crippen molar-refractivity contribution in [1.82, 2.24) is 0 Å². The Labute approximate surface area is 84.9 Å². The maximum Gasteiger partial charge on any atom is 0.325 e. The third-order valence-electron chi connectivity index (χ3n) is 1.56. The highest BCUT2D eigenvalue weighted by atomic mass is 35.5. The summed E-state index contributed by atoms with van der Waals surface area (Å²) >= 11 is 0. The van der Waals surface area contributed by atoms with Crippen molar-refractivity contribution in [3.05, 3.63) is 35.4 Å². The number of benzene rings is 1. The van der Waals surface area contributed by atoms with Gasteiger partial charge in [0, 0.05) is 5.56 Å². The Morgan fingerprint density at radius 1 is 1.43 bits per heavy atom. The van der Waals surface area contributed by atoms with Crippen LogP contribution in [0.5, 0.6) is 0 Å². The van der Waals surface area contributed by atoms with E-state index in [2.05, 4.69) is 0 Å². The fourth-order valence-electron chi connectivity index (χ4n) is 0.886. The fourth-order valence-corrected chi connectivity index (χ4v) is 0.886. The highest BCUT2D eigenvalue weighted by Crippen LogP contribution is 2.16. The molecule has 0 fully saturated rings. The molecule has 0 spiro atoms. The summed E-state index contributed by atoms with van der Waals surface area (Å²) < 4.78 is 25.4. The van der Waals surface area contributed by atoms with Gasteiger partial charge in [0.25, 0.3) is 0 Å². The van der Waals surface area contributed by atoms with Crippen LogP contribution in [0.1, 0.15) is 11.6 Å². The van der Waals surface area contributed by atoms with Gasteiger partial charge in [-0.25, -0.2) is 8.78 Å². The third kappa shape index (κ3) is 2.65. The number of carboxylic acids is 1. The Kier molecular flexibility index (Phi) is 4.46. The van der Waals surface area contributed by atoms with Crippen LogP contribution in [0.4, 0.5) is 8.78 Å². The average Bonchev–Trinajstić information content (AvgIpc) is 2.08. The van der Waals surface area contributed by atoms with Gasteiger partial charge < -0.3 is 10.8 Å². The van der Waals surface area contributed by atoms with Crippen molar-refractivity contribution in [2.45, 2.75) is 6.04 Å². The minimum atomic E-state index is -1.53. The van der Waals surface area contributed by atoms with Gasteiger partial charge in [-0.1, -0.05) is 0 Å². The van der Waals surface area contributed by atoms with E-state index in [-0.39, 0.29) is 18.0 Å². The molecule has 0 aliphatic heterocycles. The van der Waals surface area contributed by atoms with E-state index in [1.165, 1.54) is 0 Å². The second kappa shape index (κ2) is 4.88. The Bertz CT molecular complexity index is 346. The minimum Gasteiger partial charge on any atom is -0.480 e. The smallest absolute Gasteiger partial charge is 0.325 e. The number of carboxylic acid groups (broad SMARTS) is 1. The van der Waals surface area contributed by atoms with Crippen molar-refractivity contribution in [2.24, 2.45) is 5.73 Å². The Morgan fingerprint density at radius 2 is 2.00 bits per heavy atom. The number of hydrogen-bond acceptors (Lipinski definition) is 2. The van der Waals surface area contributed by atoms with Gasteiger partial charge in [0.15, 0.2) is 0 Å². The summed E-state index contributed by atoms with van der Waals surface area (Å²) in [5, 5.41) is 8.44. The first-order valence-electron chi connectivity index (χ1n) is 3.45. The second-order valence-electron chi connectivity index (χ2n) is 2.48. The lowest BCUT2D eigenvalue weighted by atomic mass is 10.1. The van der Waals surface area contributed by atoms with Crippen LogP contribution >= 0.6 is 12.4 Å². The van der Waals surface area contributed by atoms with E-state index in [9.17, 15) is 13.6 Å². The molecule has 0 heterocycles. The van der Waals surface area contributed by atoms with Crippen LogP contribution in [0.25, 0.3) is 0 Å². The van der Waals surface area contributed by atoms with Gasteiger partial charge in [0.05, 0.1) is 0 Å². The molecular weight excluding hydrogens is 216 g/mol. The molecule has 0 unspecified atom stereocenters. The molecule has 0 bridgehead atoms. The molecule has 6 heteroatoms. The number of carbonyl (C=O) groups is 1. The normalized spacial score (nSPS) is 11.6. The van der Waals surface area contributed by atoms with Crippen molar-refractivity contribution in [2.75, 3.05) is 0 Å². The molecule has 14 heavy (non-hydrogen) atoms. The van der Waals surface area contributed by atoms with Gasteiger partial charge in [0.1, 0.15) is 17.7 Å². The number of rotatable bonds is 2. The van der Waals surface area contributed by atoms with Crippen LogP contribution in [0, 0.1) is 11.6 Å². The zero-order chi connectivity index (χ0) is 10.0. The van der Waals surface area contributed by atoms with Gasteiger partial charge in [0.2, 0.25) is 0 Å². The van der Waals surface area contributed by atoms with E-state index < -0.39 is 23.6 Å². The standard InChI is InChI=1S/C8H7F2NO2.ClH/c9-4-1-2-6(10)5(3-4)7(11)8(12)13;/h1-3,7H,11H2,(H,12,13);1H/t7-;/m0./s1. The highest BCUT2D eigenvalue weighted by molar-refractivity contribution is 5.85. The topological polar surface area (TPSA) is 63.3 Å². The molecule has 1 atom stereocenters. The van der Waals surface area contributed by atoms with E-state index in [0.717, 1.165) is 18.2 Å². The van der Waals surface area contributed by atoms with E-state index in [1.807, 2.05) is 0 Å². The molecule has 1 rings (SSSR count). The number of halogens is 3. The first kappa shape index (κ1) is 12.8. The molecular formula is C8H8ClF2NO2. The van der Waals surface area contributed by atoms with Crippen LogP contribution in [-0.4, -0.2) is 11.1 Å². The van der Waals surface area contributed by atoms with E-state index in [0.29, 0.717) is 0 Å². The summed E-state index contributed by atoms with van der Waals surface area (Å²) in [6.07, 6.45) is 0. The maximum atomic E-state index is 12.9. The first-order valence-corrected chi connectivity index (χ1v) is 3.45. The van der Waals surface area contributed by atoms with Crippen molar-refractivity contribution in [1.29, 1.82) is 0 Å². The third-order valence-corrected chi connectivity index (χ3v) is 1.56. The SMILES string of the molecule is Cl.N[C@H](C(=O)O)c1cc(F)ccc1F. The summed E-state index contributed by atoms with van der Waals surface area (Å²) in [6, 6.07) is 0.977. The summed E-state index contributed by atoms with van der Waals surface area (Å²) in [4.78, 5) is 10.3. The summed E-state index contributed by atoms with van der Waals surface area (Å²) in [5.41, 5.74) is 4.75. The monoisotopic (exact) mass is 223 g/mol. The Morgan fingerprint density at radius 3 is 2.50 bits per heavy atom. The average molecular weight is 224 g/mol. The van der Waals surface area contributed by atoms with Gasteiger partial charge in [-0.2, -0.15) is 0 Å². The quantitative estimate of drug-likeness (QED) is 0.798. The molecule has 0 radical (unpaired) electrons. The zero-order valence-corrected chi connectivity index (χ0v) is 7.72. The van der Waals surface area contributed by atoms with E-state index in [1.54, 1.807) is 0 Å². The zero-order valence-electron chi connectivity index (χ0n) is 6.91. The molecule has 3 N–H and O–H groups in total. The lowest BCUT2D eigenvalue weighted by Gasteiger charge is -2.07. The maximum absolute atomic E-state index is 12.9. The molecule has 0 saturated carbocycles. The van der Waals surface area contributed by atoms with Crippen LogP contribution in [0.2, 0.25) is 0 Å².